The van der Waals surface area contributed by atoms with E-state index in [9.17, 15) is 4.79 Å². The highest BCUT2D eigenvalue weighted by Gasteiger charge is 2.11. The molecule has 33 heavy (non-hydrogen) atoms. The number of para-hydroxylation sites is 2. The molecule has 1 amide bonds. The van der Waals surface area contributed by atoms with E-state index in [1.54, 1.807) is 0 Å². The number of benzene rings is 3. The lowest BCUT2D eigenvalue weighted by Gasteiger charge is -2.11. The fraction of sp³-hybridized carbons (Fsp3) is 0.120. The van der Waals surface area contributed by atoms with Crippen molar-refractivity contribution in [3.05, 3.63) is 90.0 Å². The third kappa shape index (κ3) is 6.54. The van der Waals surface area contributed by atoms with Gasteiger partial charge < -0.3 is 16.0 Å². The number of aryl methyl sites for hydroxylation is 2. The number of nitrogens with one attached hydrogen (secondary N) is 3. The summed E-state index contributed by atoms with van der Waals surface area (Å²) in [6.07, 6.45) is 0. The van der Waals surface area contributed by atoms with Crippen molar-refractivity contribution in [1.82, 2.24) is 15.0 Å². The van der Waals surface area contributed by atoms with Gasteiger partial charge in [0.25, 0.3) is 0 Å². The largest absolute Gasteiger partial charge is 0.325 e. The van der Waals surface area contributed by atoms with Crippen LogP contribution in [0.3, 0.4) is 0 Å². The van der Waals surface area contributed by atoms with E-state index in [1.807, 2.05) is 92.7 Å². The fourth-order valence-corrected chi connectivity index (χ4v) is 3.74. The molecule has 0 aliphatic rings. The first kappa shape index (κ1) is 22.3. The summed E-state index contributed by atoms with van der Waals surface area (Å²) in [4.78, 5) is 26.0. The first-order valence-corrected chi connectivity index (χ1v) is 11.4. The van der Waals surface area contributed by atoms with Gasteiger partial charge in [0.1, 0.15) is 0 Å². The molecule has 0 saturated heterocycles. The van der Waals surface area contributed by atoms with E-state index in [4.69, 9.17) is 0 Å². The van der Waals surface area contributed by atoms with Crippen LogP contribution < -0.4 is 16.0 Å². The van der Waals surface area contributed by atoms with Crippen molar-refractivity contribution in [1.29, 1.82) is 0 Å². The summed E-state index contributed by atoms with van der Waals surface area (Å²) in [6.45, 7) is 4.00. The Morgan fingerprint density at radius 1 is 0.788 bits per heavy atom. The van der Waals surface area contributed by atoms with Crippen LogP contribution in [-0.4, -0.2) is 26.6 Å². The van der Waals surface area contributed by atoms with E-state index < -0.39 is 0 Å². The molecule has 0 spiro atoms. The number of anilines is 5. The summed E-state index contributed by atoms with van der Waals surface area (Å²) < 4.78 is 0. The molecule has 166 valence electrons. The van der Waals surface area contributed by atoms with Crippen LogP contribution in [0.1, 0.15) is 11.1 Å². The molecule has 0 radical (unpaired) electrons. The number of aromatic nitrogens is 3. The molecule has 0 aliphatic carbocycles. The van der Waals surface area contributed by atoms with E-state index >= 15 is 0 Å². The third-order valence-electron chi connectivity index (χ3n) is 4.66. The van der Waals surface area contributed by atoms with E-state index in [-0.39, 0.29) is 11.7 Å². The number of amides is 1. The number of carbonyl (C=O) groups is 1. The Labute approximate surface area is 197 Å². The molecule has 0 unspecified atom stereocenters. The minimum absolute atomic E-state index is 0.123. The van der Waals surface area contributed by atoms with Crippen molar-refractivity contribution in [2.24, 2.45) is 0 Å². The van der Waals surface area contributed by atoms with Gasteiger partial charge in [-0.2, -0.15) is 15.0 Å². The second kappa shape index (κ2) is 10.6. The van der Waals surface area contributed by atoms with Crippen LogP contribution in [0.2, 0.25) is 0 Å². The molecule has 0 saturated carbocycles. The van der Waals surface area contributed by atoms with E-state index in [0.29, 0.717) is 17.1 Å². The quantitative estimate of drug-likeness (QED) is 0.293. The summed E-state index contributed by atoms with van der Waals surface area (Å²) in [6, 6.07) is 25.3. The molecule has 0 fully saturated rings. The van der Waals surface area contributed by atoms with E-state index in [1.165, 1.54) is 11.8 Å². The van der Waals surface area contributed by atoms with Gasteiger partial charge >= 0.3 is 0 Å². The molecule has 1 heterocycles. The molecule has 0 bridgehead atoms. The lowest BCUT2D eigenvalue weighted by atomic mass is 10.1. The molecule has 3 aromatic carbocycles. The maximum Gasteiger partial charge on any atom is 0.234 e. The topological polar surface area (TPSA) is 91.8 Å². The highest BCUT2D eigenvalue weighted by Crippen LogP contribution is 2.22. The maximum atomic E-state index is 12.5. The van der Waals surface area contributed by atoms with Crippen LogP contribution in [0.15, 0.2) is 84.0 Å². The lowest BCUT2D eigenvalue weighted by molar-refractivity contribution is -0.113. The highest BCUT2D eigenvalue weighted by atomic mass is 32.2. The first-order chi connectivity index (χ1) is 16.0. The summed E-state index contributed by atoms with van der Waals surface area (Å²) in [5.74, 6) is 0.841. The number of thioether (sulfide) groups is 1. The third-order valence-corrected chi connectivity index (χ3v) is 5.51. The van der Waals surface area contributed by atoms with E-state index in [0.717, 1.165) is 28.2 Å². The molecule has 7 nitrogen and oxygen atoms in total. The highest BCUT2D eigenvalue weighted by molar-refractivity contribution is 7.99. The molecule has 3 N–H and O–H groups in total. The summed E-state index contributed by atoms with van der Waals surface area (Å²) in [5, 5.41) is 9.79. The zero-order valence-corrected chi connectivity index (χ0v) is 19.2. The van der Waals surface area contributed by atoms with Gasteiger partial charge in [0.05, 0.1) is 5.75 Å². The van der Waals surface area contributed by atoms with Gasteiger partial charge in [-0.25, -0.2) is 0 Å². The average molecular weight is 457 g/mol. The second-order valence-corrected chi connectivity index (χ2v) is 8.34. The number of nitrogens with zero attached hydrogens (tertiary/aromatic N) is 3. The van der Waals surface area contributed by atoms with E-state index in [2.05, 4.69) is 30.9 Å². The molecule has 0 aliphatic heterocycles. The van der Waals surface area contributed by atoms with Crippen LogP contribution in [0.4, 0.5) is 29.0 Å². The van der Waals surface area contributed by atoms with Crippen molar-refractivity contribution in [2.75, 3.05) is 21.7 Å². The van der Waals surface area contributed by atoms with Gasteiger partial charge in [-0.3, -0.25) is 4.79 Å². The van der Waals surface area contributed by atoms with Crippen molar-refractivity contribution in [3.63, 3.8) is 0 Å². The monoisotopic (exact) mass is 456 g/mol. The number of hydrogen-bond donors (Lipinski definition) is 3. The number of rotatable bonds is 8. The first-order valence-electron chi connectivity index (χ1n) is 10.5. The second-order valence-electron chi connectivity index (χ2n) is 7.40. The van der Waals surface area contributed by atoms with Gasteiger partial charge in [0, 0.05) is 17.1 Å². The lowest BCUT2D eigenvalue weighted by Crippen LogP contribution is -2.15. The maximum absolute atomic E-state index is 12.5. The zero-order chi connectivity index (χ0) is 23.0. The standard InChI is InChI=1S/C25H24N6OS/c1-17-13-14-21(18(2)15-17)28-22(32)16-33-25-30-23(26-19-9-5-3-6-10-19)29-24(31-25)27-20-11-7-4-8-12-20/h3-15H,16H2,1-2H3,(H,28,32)(H2,26,27,29,30,31). The smallest absolute Gasteiger partial charge is 0.234 e. The number of hydrogen-bond acceptors (Lipinski definition) is 7. The van der Waals surface area contributed by atoms with Crippen LogP contribution >= 0.6 is 11.8 Å². The molecule has 0 atom stereocenters. The van der Waals surface area contributed by atoms with Crippen LogP contribution in [-0.2, 0) is 4.79 Å². The Hall–Kier alpha value is -3.91. The van der Waals surface area contributed by atoms with Gasteiger partial charge in [0.15, 0.2) is 5.16 Å². The van der Waals surface area contributed by atoms with Gasteiger partial charge in [-0.15, -0.1) is 0 Å². The molecular weight excluding hydrogens is 432 g/mol. The normalized spacial score (nSPS) is 10.5. The minimum atomic E-state index is -0.123. The summed E-state index contributed by atoms with van der Waals surface area (Å²) in [5.41, 5.74) is 4.70. The molecule has 1 aromatic heterocycles. The van der Waals surface area contributed by atoms with Crippen LogP contribution in [0.5, 0.6) is 0 Å². The Kier molecular flexibility index (Phi) is 7.16. The Bertz CT molecular complexity index is 1170. The summed E-state index contributed by atoms with van der Waals surface area (Å²) in [7, 11) is 0. The van der Waals surface area contributed by atoms with Crippen molar-refractivity contribution in [3.8, 4) is 0 Å². The summed E-state index contributed by atoms with van der Waals surface area (Å²) >= 11 is 1.25. The van der Waals surface area contributed by atoms with Crippen LogP contribution in [0.25, 0.3) is 0 Å². The van der Waals surface area contributed by atoms with Gasteiger partial charge in [-0.1, -0.05) is 65.9 Å². The Morgan fingerprint density at radius 2 is 1.36 bits per heavy atom. The Morgan fingerprint density at radius 3 is 1.91 bits per heavy atom. The van der Waals surface area contributed by atoms with Crippen molar-refractivity contribution < 1.29 is 4.79 Å². The molecule has 4 aromatic rings. The fourth-order valence-electron chi connectivity index (χ4n) is 3.10. The SMILES string of the molecule is Cc1ccc(NC(=O)CSc2nc(Nc3ccccc3)nc(Nc3ccccc3)n2)c(C)c1. The zero-order valence-electron chi connectivity index (χ0n) is 18.4. The van der Waals surface area contributed by atoms with Crippen molar-refractivity contribution in [2.45, 2.75) is 19.0 Å². The molecule has 4 rings (SSSR count). The molecular formula is C25H24N6OS. The average Bonchev–Trinajstić information content (AvgIpc) is 2.81. The molecule has 8 heteroatoms. The predicted molar refractivity (Wildman–Crippen MR) is 135 cm³/mol. The van der Waals surface area contributed by atoms with Crippen LogP contribution in [0, 0.1) is 13.8 Å². The Balaban J connectivity index is 1.49. The minimum Gasteiger partial charge on any atom is -0.325 e. The predicted octanol–water partition coefficient (Wildman–Crippen LogP) is 5.71. The van der Waals surface area contributed by atoms with Gasteiger partial charge in [-0.05, 0) is 49.7 Å². The van der Waals surface area contributed by atoms with Gasteiger partial charge in [0.2, 0.25) is 17.8 Å². The number of carbonyl (C=O) groups excluding carboxylic acids is 1. The van der Waals surface area contributed by atoms with Crippen molar-refractivity contribution >= 4 is 46.6 Å².